The van der Waals surface area contributed by atoms with Crippen molar-refractivity contribution in [2.75, 3.05) is 23.8 Å². The number of hydrogen-bond acceptors (Lipinski definition) is 5. The van der Waals surface area contributed by atoms with Gasteiger partial charge < -0.3 is 15.4 Å². The van der Waals surface area contributed by atoms with Crippen molar-refractivity contribution in [3.63, 3.8) is 0 Å². The van der Waals surface area contributed by atoms with Crippen LogP contribution in [0.3, 0.4) is 0 Å². The molecule has 0 radical (unpaired) electrons. The third-order valence-corrected chi connectivity index (χ3v) is 4.70. The van der Waals surface area contributed by atoms with E-state index in [2.05, 4.69) is 20.6 Å². The summed E-state index contributed by atoms with van der Waals surface area (Å²) in [6.07, 6.45) is 3.86. The van der Waals surface area contributed by atoms with Crippen molar-refractivity contribution < 1.29 is 13.5 Å². The summed E-state index contributed by atoms with van der Waals surface area (Å²) in [5, 5.41) is 6.46. The van der Waals surface area contributed by atoms with Crippen molar-refractivity contribution >= 4 is 17.5 Å². The van der Waals surface area contributed by atoms with Crippen LogP contribution in [0.2, 0.25) is 0 Å². The van der Waals surface area contributed by atoms with Gasteiger partial charge in [0.05, 0.1) is 12.8 Å². The first-order valence-electron chi connectivity index (χ1n) is 9.66. The lowest BCUT2D eigenvalue weighted by Gasteiger charge is -2.15. The second-order valence-electron chi connectivity index (χ2n) is 7.07. The molecule has 0 saturated heterocycles. The average molecular weight is 396 g/mol. The van der Waals surface area contributed by atoms with Gasteiger partial charge in [-0.05, 0) is 62.1 Å². The first-order chi connectivity index (χ1) is 14.1. The molecule has 0 saturated carbocycles. The van der Waals surface area contributed by atoms with Gasteiger partial charge in [-0.1, -0.05) is 0 Å². The number of hydrogen-bond donors (Lipinski definition) is 2. The molecule has 0 spiro atoms. The summed E-state index contributed by atoms with van der Waals surface area (Å²) < 4.78 is 34.2. The summed E-state index contributed by atoms with van der Waals surface area (Å²) in [5.74, 6) is 1.22. The van der Waals surface area contributed by atoms with Gasteiger partial charge >= 0.3 is 0 Å². The van der Waals surface area contributed by atoms with Crippen LogP contribution in [0.25, 0.3) is 11.1 Å². The molecule has 0 fully saturated rings. The smallest absolute Gasteiger partial charge is 0.149 e. The van der Waals surface area contributed by atoms with Crippen LogP contribution in [0.4, 0.5) is 26.2 Å². The predicted molar refractivity (Wildman–Crippen MR) is 110 cm³/mol. The molecular formula is C22H22F2N4O. The lowest BCUT2D eigenvalue weighted by atomic mass is 10.0. The summed E-state index contributed by atoms with van der Waals surface area (Å²) in [4.78, 5) is 8.69. The quantitative estimate of drug-likeness (QED) is 0.529. The maximum atomic E-state index is 14.6. The third kappa shape index (κ3) is 4.62. The molecule has 3 aromatic rings. The lowest BCUT2D eigenvalue weighted by molar-refractivity contribution is 0.305. The van der Waals surface area contributed by atoms with Crippen molar-refractivity contribution in [1.29, 1.82) is 0 Å². The Balaban J connectivity index is 1.77. The highest BCUT2D eigenvalue weighted by molar-refractivity contribution is 5.74. The fourth-order valence-electron chi connectivity index (χ4n) is 3.31. The molecule has 4 rings (SSSR count). The van der Waals surface area contributed by atoms with Crippen LogP contribution in [0.15, 0.2) is 42.6 Å². The molecular weight excluding hydrogens is 374 g/mol. The van der Waals surface area contributed by atoms with Crippen LogP contribution in [0.1, 0.15) is 24.8 Å². The number of anilines is 3. The Hall–Kier alpha value is -3.22. The Morgan fingerprint density at radius 3 is 2.69 bits per heavy atom. The van der Waals surface area contributed by atoms with E-state index in [1.165, 1.54) is 18.2 Å². The van der Waals surface area contributed by atoms with Crippen molar-refractivity contribution in [3.05, 3.63) is 59.8 Å². The topological polar surface area (TPSA) is 59.1 Å². The number of aryl methyl sites for hydroxylation is 1. The van der Waals surface area contributed by atoms with Crippen molar-refractivity contribution in [3.8, 4) is 16.9 Å². The standard InChI is InChI=1S/C22H22F2N4O/c1-14-9-20-25-7-3-2-4-8-29-19-11-15(23)5-6-16(19)17-12-21(26-13-18(17)24)28-22(10-14)27-20/h5-6,9-13H,2-4,7-8H2,1H3,(H2,25,26,27,28). The second-order valence-corrected chi connectivity index (χ2v) is 7.07. The van der Waals surface area contributed by atoms with E-state index in [1.54, 1.807) is 6.07 Å². The van der Waals surface area contributed by atoms with Crippen LogP contribution in [0.5, 0.6) is 5.75 Å². The van der Waals surface area contributed by atoms with E-state index < -0.39 is 11.6 Å². The van der Waals surface area contributed by atoms with Gasteiger partial charge in [-0.2, -0.15) is 0 Å². The SMILES string of the molecule is Cc1cc2nc(c1)Nc1cc(c(F)cn1)-c1ccc(F)cc1OCCCCCN2. The number of nitrogens with one attached hydrogen (secondary N) is 2. The highest BCUT2D eigenvalue weighted by Gasteiger charge is 2.15. The summed E-state index contributed by atoms with van der Waals surface area (Å²) in [6.45, 7) is 3.21. The van der Waals surface area contributed by atoms with Gasteiger partial charge in [-0.15, -0.1) is 0 Å². The molecule has 2 aromatic heterocycles. The van der Waals surface area contributed by atoms with Crippen molar-refractivity contribution in [2.45, 2.75) is 26.2 Å². The molecule has 0 atom stereocenters. The van der Waals surface area contributed by atoms with E-state index in [9.17, 15) is 8.78 Å². The van der Waals surface area contributed by atoms with Gasteiger partial charge in [0.1, 0.15) is 34.8 Å². The maximum absolute atomic E-state index is 14.6. The number of ether oxygens (including phenoxy) is 1. The zero-order valence-corrected chi connectivity index (χ0v) is 16.1. The van der Waals surface area contributed by atoms with E-state index in [0.717, 1.165) is 43.4 Å². The number of rotatable bonds is 0. The zero-order valence-electron chi connectivity index (χ0n) is 16.1. The number of fused-ring (bicyclic) bond motifs is 6. The molecule has 150 valence electrons. The molecule has 2 N–H and O–H groups in total. The first kappa shape index (κ1) is 19.1. The number of benzene rings is 1. The number of nitrogens with zero attached hydrogens (tertiary/aromatic N) is 2. The lowest BCUT2D eigenvalue weighted by Crippen LogP contribution is -2.07. The molecule has 0 amide bonds. The normalized spacial score (nSPS) is 14.2. The highest BCUT2D eigenvalue weighted by Crippen LogP contribution is 2.34. The van der Waals surface area contributed by atoms with Crippen LogP contribution >= 0.6 is 0 Å². The van der Waals surface area contributed by atoms with Crippen molar-refractivity contribution in [1.82, 2.24) is 9.97 Å². The minimum Gasteiger partial charge on any atom is -0.493 e. The first-order valence-corrected chi connectivity index (χ1v) is 9.66. The summed E-state index contributed by atoms with van der Waals surface area (Å²) in [7, 11) is 0. The van der Waals surface area contributed by atoms with E-state index in [1.807, 2.05) is 19.1 Å². The molecule has 1 aliphatic heterocycles. The Kier molecular flexibility index (Phi) is 5.55. The third-order valence-electron chi connectivity index (χ3n) is 4.70. The van der Waals surface area contributed by atoms with Gasteiger partial charge in [-0.3, -0.25) is 0 Å². The monoisotopic (exact) mass is 396 g/mol. The Morgan fingerprint density at radius 2 is 1.79 bits per heavy atom. The summed E-state index contributed by atoms with van der Waals surface area (Å²) in [5.41, 5.74) is 1.82. The summed E-state index contributed by atoms with van der Waals surface area (Å²) >= 11 is 0. The molecule has 5 nitrogen and oxygen atoms in total. The van der Waals surface area contributed by atoms with Gasteiger partial charge in [0.15, 0.2) is 0 Å². The minimum absolute atomic E-state index is 0.288. The van der Waals surface area contributed by atoms with Crippen LogP contribution in [-0.2, 0) is 0 Å². The number of pyridine rings is 2. The van der Waals surface area contributed by atoms with E-state index in [4.69, 9.17) is 4.74 Å². The molecule has 0 aliphatic carbocycles. The van der Waals surface area contributed by atoms with E-state index in [-0.39, 0.29) is 5.56 Å². The molecule has 1 aliphatic rings. The fraction of sp³-hybridized carbons (Fsp3) is 0.273. The van der Waals surface area contributed by atoms with Crippen LogP contribution in [0, 0.1) is 18.6 Å². The van der Waals surface area contributed by atoms with Crippen LogP contribution in [-0.4, -0.2) is 23.1 Å². The van der Waals surface area contributed by atoms with Gasteiger partial charge in [0.2, 0.25) is 0 Å². The van der Waals surface area contributed by atoms with Gasteiger partial charge in [-0.25, -0.2) is 18.7 Å². The highest BCUT2D eigenvalue weighted by atomic mass is 19.1. The Morgan fingerprint density at radius 1 is 0.931 bits per heavy atom. The largest absolute Gasteiger partial charge is 0.493 e. The molecule has 3 heterocycles. The van der Waals surface area contributed by atoms with Crippen LogP contribution < -0.4 is 15.4 Å². The zero-order chi connectivity index (χ0) is 20.2. The van der Waals surface area contributed by atoms with Crippen molar-refractivity contribution in [2.24, 2.45) is 0 Å². The second kappa shape index (κ2) is 8.43. The summed E-state index contributed by atoms with van der Waals surface area (Å²) in [6, 6.07) is 9.58. The molecule has 7 heteroatoms. The predicted octanol–water partition coefficient (Wildman–Crippen LogP) is 5.45. The van der Waals surface area contributed by atoms with Gasteiger partial charge in [0.25, 0.3) is 0 Å². The minimum atomic E-state index is -0.507. The van der Waals surface area contributed by atoms with Gasteiger partial charge in [0, 0.05) is 23.7 Å². The number of aromatic nitrogens is 2. The molecule has 0 unspecified atom stereocenters. The fourth-order valence-corrected chi connectivity index (χ4v) is 3.31. The molecule has 29 heavy (non-hydrogen) atoms. The molecule has 1 aromatic carbocycles. The Bertz CT molecular complexity index is 1030. The van der Waals surface area contributed by atoms with E-state index in [0.29, 0.717) is 29.6 Å². The maximum Gasteiger partial charge on any atom is 0.149 e. The molecule has 4 bridgehead atoms. The van der Waals surface area contributed by atoms with E-state index >= 15 is 0 Å². The Labute approximate surface area is 168 Å². The number of halogens is 2. The average Bonchev–Trinajstić information content (AvgIpc) is 2.68.